The highest BCUT2D eigenvalue weighted by Crippen LogP contribution is 2.37. The highest BCUT2D eigenvalue weighted by Gasteiger charge is 2.45. The zero-order valence-corrected chi connectivity index (χ0v) is 18.3. The molecule has 0 saturated carbocycles. The van der Waals surface area contributed by atoms with Crippen molar-refractivity contribution in [3.8, 4) is 0 Å². The molecule has 2 aromatic rings. The number of hydrogen-bond acceptors (Lipinski definition) is 7. The Kier molecular flexibility index (Phi) is 7.51. The van der Waals surface area contributed by atoms with Crippen LogP contribution in [0.5, 0.6) is 0 Å². The van der Waals surface area contributed by atoms with E-state index in [9.17, 15) is 14.4 Å². The molecule has 3 atom stereocenters. The van der Waals surface area contributed by atoms with Gasteiger partial charge in [0.1, 0.15) is 6.61 Å². The van der Waals surface area contributed by atoms with E-state index >= 15 is 0 Å². The molecule has 9 heteroatoms. The third-order valence-corrected chi connectivity index (χ3v) is 6.03. The Balaban J connectivity index is 1.85. The predicted molar refractivity (Wildman–Crippen MR) is 117 cm³/mol. The number of benzene rings is 1. The van der Waals surface area contributed by atoms with Gasteiger partial charge in [0.2, 0.25) is 5.12 Å². The van der Waals surface area contributed by atoms with Gasteiger partial charge in [-0.2, -0.15) is 0 Å². The van der Waals surface area contributed by atoms with E-state index in [1.165, 1.54) is 29.7 Å². The summed E-state index contributed by atoms with van der Waals surface area (Å²) in [4.78, 5) is 43.1. The first-order chi connectivity index (χ1) is 14.9. The lowest BCUT2D eigenvalue weighted by Gasteiger charge is -2.29. The molecule has 0 N–H and O–H groups in total. The fraction of sp³-hybridized carbons (Fsp3) is 0.364. The zero-order valence-electron chi connectivity index (χ0n) is 17.5. The molecule has 0 spiro atoms. The average Bonchev–Trinajstić information content (AvgIpc) is 3.37. The van der Waals surface area contributed by atoms with E-state index < -0.39 is 24.2 Å². The van der Waals surface area contributed by atoms with Crippen LogP contribution in [0, 0.1) is 0 Å². The number of likely N-dealkylation sites (tertiary alicyclic amines) is 1. The monoisotopic (exact) mass is 443 g/mol. The third-order valence-electron chi connectivity index (χ3n) is 4.90. The molecule has 1 fully saturated rings. The van der Waals surface area contributed by atoms with Gasteiger partial charge >= 0.3 is 12.1 Å². The van der Waals surface area contributed by atoms with Crippen LogP contribution in [0.1, 0.15) is 35.6 Å². The minimum absolute atomic E-state index is 0.0590. The van der Waals surface area contributed by atoms with E-state index in [0.717, 1.165) is 0 Å². The molecule has 1 aromatic carbocycles. The van der Waals surface area contributed by atoms with E-state index in [2.05, 4.69) is 11.6 Å². The van der Waals surface area contributed by atoms with Crippen LogP contribution in [0.2, 0.25) is 0 Å². The summed E-state index contributed by atoms with van der Waals surface area (Å²) in [6.45, 7) is 5.22. The second-order valence-corrected chi connectivity index (χ2v) is 8.41. The molecule has 1 saturated heterocycles. The van der Waals surface area contributed by atoms with Crippen LogP contribution in [0.25, 0.3) is 0 Å². The number of thioether (sulfide) groups is 1. The molecule has 1 aromatic heterocycles. The molecule has 3 rings (SSSR count). The number of nitrogens with zero attached hydrogens (tertiary/aromatic N) is 3. The van der Waals surface area contributed by atoms with Gasteiger partial charge in [-0.05, 0) is 6.42 Å². The Morgan fingerprint density at radius 3 is 2.68 bits per heavy atom. The summed E-state index contributed by atoms with van der Waals surface area (Å²) in [7, 11) is 1.79. The van der Waals surface area contributed by atoms with Crippen LogP contribution in [0.15, 0.2) is 55.4 Å². The fourth-order valence-electron chi connectivity index (χ4n) is 3.55. The number of carbonyl (C=O) groups is 3. The van der Waals surface area contributed by atoms with Crippen LogP contribution in [-0.4, -0.2) is 56.1 Å². The van der Waals surface area contributed by atoms with Crippen molar-refractivity contribution in [2.75, 3.05) is 13.2 Å². The maximum absolute atomic E-state index is 12.8. The molecule has 31 heavy (non-hydrogen) atoms. The molecular formula is C22H25N3O5S. The van der Waals surface area contributed by atoms with E-state index in [1.54, 1.807) is 36.1 Å². The van der Waals surface area contributed by atoms with Crippen molar-refractivity contribution in [3.05, 3.63) is 66.8 Å². The molecule has 164 valence electrons. The minimum atomic E-state index is -0.786. The number of imidazole rings is 1. The summed E-state index contributed by atoms with van der Waals surface area (Å²) < 4.78 is 12.6. The smallest absolute Gasteiger partial charge is 0.410 e. The second kappa shape index (κ2) is 10.3. The first kappa shape index (κ1) is 22.6. The van der Waals surface area contributed by atoms with E-state index in [1.807, 2.05) is 18.2 Å². The van der Waals surface area contributed by atoms with Crippen LogP contribution < -0.4 is 0 Å². The average molecular weight is 444 g/mol. The molecule has 1 amide bonds. The summed E-state index contributed by atoms with van der Waals surface area (Å²) in [5, 5.41) is -0.265. The van der Waals surface area contributed by atoms with Crippen molar-refractivity contribution in [2.45, 2.75) is 30.7 Å². The number of rotatable bonds is 7. The van der Waals surface area contributed by atoms with Crippen molar-refractivity contribution >= 4 is 28.9 Å². The maximum atomic E-state index is 12.8. The normalized spacial score (nSPS) is 19.0. The molecule has 1 unspecified atom stereocenters. The summed E-state index contributed by atoms with van der Waals surface area (Å²) in [6.07, 6.45) is 3.93. The van der Waals surface area contributed by atoms with Gasteiger partial charge in [0.15, 0.2) is 11.9 Å². The Hall–Kier alpha value is -3.07. The van der Waals surface area contributed by atoms with Gasteiger partial charge in [0.05, 0.1) is 6.04 Å². The zero-order chi connectivity index (χ0) is 22.4. The third kappa shape index (κ3) is 5.55. The van der Waals surface area contributed by atoms with E-state index in [4.69, 9.17) is 9.47 Å². The largest absolute Gasteiger partial charge is 0.452 e. The maximum Gasteiger partial charge on any atom is 0.410 e. The van der Waals surface area contributed by atoms with Gasteiger partial charge < -0.3 is 14.0 Å². The second-order valence-electron chi connectivity index (χ2n) is 7.14. The van der Waals surface area contributed by atoms with Crippen molar-refractivity contribution in [2.24, 2.45) is 7.05 Å². The van der Waals surface area contributed by atoms with Gasteiger partial charge in [0, 0.05) is 43.7 Å². The standard InChI is InChI=1S/C22H25N3O5S/c1-4-12-29-22(28)25-14-17(31-21(27)16-8-6-5-7-9-16)13-18(25)19(30-15(2)26)20-23-10-11-24(20)3/h4-11,17-19H,1,12-14H2,2-3H3/t17-,18-,19?/m0/s1. The molecule has 0 bridgehead atoms. The number of hydrogen-bond donors (Lipinski definition) is 0. The highest BCUT2D eigenvalue weighted by molar-refractivity contribution is 8.14. The van der Waals surface area contributed by atoms with Crippen LogP contribution >= 0.6 is 11.8 Å². The lowest BCUT2D eigenvalue weighted by Crippen LogP contribution is -2.41. The molecule has 1 aliphatic heterocycles. The van der Waals surface area contributed by atoms with Crippen LogP contribution in [-0.2, 0) is 21.3 Å². The molecule has 1 aliphatic rings. The molecule has 0 radical (unpaired) electrons. The number of aromatic nitrogens is 2. The van der Waals surface area contributed by atoms with Gasteiger partial charge in [-0.15, -0.1) is 0 Å². The van der Waals surface area contributed by atoms with Crippen LogP contribution in [0.3, 0.4) is 0 Å². The minimum Gasteiger partial charge on any atom is -0.452 e. The van der Waals surface area contributed by atoms with Crippen molar-refractivity contribution in [3.63, 3.8) is 0 Å². The number of carbonyl (C=O) groups excluding carboxylic acids is 3. The number of amides is 1. The predicted octanol–water partition coefficient (Wildman–Crippen LogP) is 3.36. The van der Waals surface area contributed by atoms with Gasteiger partial charge in [-0.3, -0.25) is 14.5 Å². The lowest BCUT2D eigenvalue weighted by molar-refractivity contribution is -0.150. The SMILES string of the molecule is C=CCOC(=O)N1C[C@@H](SC(=O)c2ccccc2)C[C@H]1C(OC(C)=O)c1nccn1C. The fourth-order valence-corrected chi connectivity index (χ4v) is 4.65. The Bertz CT molecular complexity index is 946. The van der Waals surface area contributed by atoms with E-state index in [0.29, 0.717) is 17.8 Å². The number of aryl methyl sites for hydroxylation is 1. The van der Waals surface area contributed by atoms with Gasteiger partial charge in [0.25, 0.3) is 0 Å². The first-order valence-corrected chi connectivity index (χ1v) is 10.7. The Morgan fingerprint density at radius 2 is 2.06 bits per heavy atom. The molecule has 0 aliphatic carbocycles. The number of esters is 1. The van der Waals surface area contributed by atoms with E-state index in [-0.39, 0.29) is 23.5 Å². The van der Waals surface area contributed by atoms with Gasteiger partial charge in [-0.1, -0.05) is 54.7 Å². The van der Waals surface area contributed by atoms with Gasteiger partial charge in [-0.25, -0.2) is 9.78 Å². The Morgan fingerprint density at radius 1 is 1.32 bits per heavy atom. The van der Waals surface area contributed by atoms with Crippen molar-refractivity contribution < 1.29 is 23.9 Å². The summed E-state index contributed by atoms with van der Waals surface area (Å²) in [6, 6.07) is 8.45. The topological polar surface area (TPSA) is 90.7 Å². The summed E-state index contributed by atoms with van der Waals surface area (Å²) >= 11 is 1.17. The van der Waals surface area contributed by atoms with Crippen molar-refractivity contribution in [1.29, 1.82) is 0 Å². The lowest BCUT2D eigenvalue weighted by atomic mass is 10.1. The summed E-state index contributed by atoms with van der Waals surface area (Å²) in [5.41, 5.74) is 0.595. The van der Waals surface area contributed by atoms with Crippen LogP contribution in [0.4, 0.5) is 4.79 Å². The molecule has 2 heterocycles. The molecular weight excluding hydrogens is 418 g/mol. The summed E-state index contributed by atoms with van der Waals surface area (Å²) in [5.74, 6) is 0.0330. The molecule has 8 nitrogen and oxygen atoms in total. The first-order valence-electron chi connectivity index (χ1n) is 9.85. The highest BCUT2D eigenvalue weighted by atomic mass is 32.2. The van der Waals surface area contributed by atoms with Crippen molar-refractivity contribution in [1.82, 2.24) is 14.5 Å². The Labute approximate surface area is 185 Å². The number of ether oxygens (including phenoxy) is 2. The quantitative estimate of drug-likeness (QED) is 0.479.